The highest BCUT2D eigenvalue weighted by atomic mass is 16.5. The molecule has 7 atom stereocenters. The summed E-state index contributed by atoms with van der Waals surface area (Å²) in [5.41, 5.74) is 0.434. The first-order chi connectivity index (χ1) is 14.0. The molecule has 4 aliphatic carbocycles. The fraction of sp³-hybridized carbons (Fsp3) is 0.500. The van der Waals surface area contributed by atoms with Crippen molar-refractivity contribution in [3.05, 3.63) is 30.4 Å². The van der Waals surface area contributed by atoms with Crippen LogP contribution in [0, 0.1) is 35.5 Å². The summed E-state index contributed by atoms with van der Waals surface area (Å²) >= 11 is 0. The van der Waals surface area contributed by atoms with E-state index in [9.17, 15) is 14.4 Å². The Morgan fingerprint density at radius 1 is 1.07 bits per heavy atom. The summed E-state index contributed by atoms with van der Waals surface area (Å²) in [7, 11) is 3.04. The maximum atomic E-state index is 13.2. The summed E-state index contributed by atoms with van der Waals surface area (Å²) in [4.78, 5) is 40.5. The second kappa shape index (κ2) is 6.34. The molecule has 1 aromatic rings. The van der Waals surface area contributed by atoms with Gasteiger partial charge in [0.1, 0.15) is 17.5 Å². The van der Waals surface area contributed by atoms with Gasteiger partial charge in [-0.25, -0.2) is 0 Å². The number of methoxy groups -OCH3 is 2. The fourth-order valence-corrected chi connectivity index (χ4v) is 5.63. The van der Waals surface area contributed by atoms with Gasteiger partial charge in [0.15, 0.2) is 0 Å². The minimum absolute atomic E-state index is 0.144. The topological polar surface area (TPSA) is 84.9 Å². The van der Waals surface area contributed by atoms with Crippen LogP contribution in [-0.4, -0.2) is 42.9 Å². The third kappa shape index (κ3) is 2.52. The zero-order valence-corrected chi connectivity index (χ0v) is 16.6. The number of hydrogen-bond acceptors (Lipinski definition) is 5. The van der Waals surface area contributed by atoms with Gasteiger partial charge in [-0.3, -0.25) is 19.3 Å². The van der Waals surface area contributed by atoms with Crippen molar-refractivity contribution in [1.82, 2.24) is 4.90 Å². The average Bonchev–Trinajstić information content (AvgIpc) is 3.51. The number of amides is 3. The zero-order valence-electron chi connectivity index (χ0n) is 16.6. The van der Waals surface area contributed by atoms with Gasteiger partial charge in [0.2, 0.25) is 17.7 Å². The van der Waals surface area contributed by atoms with Crippen LogP contribution in [0.15, 0.2) is 30.4 Å². The maximum absolute atomic E-state index is 13.2. The number of ether oxygens (including phenoxy) is 2. The minimum Gasteiger partial charge on any atom is -0.497 e. The van der Waals surface area contributed by atoms with Crippen molar-refractivity contribution in [2.75, 3.05) is 19.5 Å². The number of anilines is 1. The Morgan fingerprint density at radius 3 is 2.24 bits per heavy atom. The third-order valence-corrected chi connectivity index (χ3v) is 7.13. The van der Waals surface area contributed by atoms with Crippen molar-refractivity contribution in [1.29, 1.82) is 0 Å². The predicted octanol–water partition coefficient (Wildman–Crippen LogP) is 2.08. The molecule has 3 fully saturated rings. The van der Waals surface area contributed by atoms with Crippen molar-refractivity contribution < 1.29 is 23.9 Å². The molecule has 7 heteroatoms. The van der Waals surface area contributed by atoms with Gasteiger partial charge in [0, 0.05) is 6.07 Å². The molecule has 29 heavy (non-hydrogen) atoms. The first kappa shape index (κ1) is 18.2. The number of nitrogens with zero attached hydrogens (tertiary/aromatic N) is 1. The van der Waals surface area contributed by atoms with Gasteiger partial charge in [-0.2, -0.15) is 0 Å². The first-order valence-electron chi connectivity index (χ1n) is 10.0. The zero-order chi connectivity index (χ0) is 20.4. The normalized spacial score (nSPS) is 34.5. The quantitative estimate of drug-likeness (QED) is 0.609. The Bertz CT molecular complexity index is 905. The van der Waals surface area contributed by atoms with Gasteiger partial charge in [-0.1, -0.05) is 12.2 Å². The van der Waals surface area contributed by atoms with E-state index >= 15 is 0 Å². The van der Waals surface area contributed by atoms with Crippen molar-refractivity contribution in [2.24, 2.45) is 35.5 Å². The lowest BCUT2D eigenvalue weighted by atomic mass is 9.63. The number of benzene rings is 1. The number of nitrogens with one attached hydrogen (secondary N) is 1. The molecule has 0 radical (unpaired) electrons. The monoisotopic (exact) mass is 396 g/mol. The molecule has 3 amide bonds. The minimum atomic E-state index is -0.896. The van der Waals surface area contributed by atoms with E-state index in [-0.39, 0.29) is 35.5 Å². The summed E-state index contributed by atoms with van der Waals surface area (Å²) < 4.78 is 10.5. The molecular formula is C22H24N2O5. The molecule has 1 aliphatic heterocycles. The molecule has 1 saturated heterocycles. The Labute approximate surface area is 169 Å². The molecule has 5 aliphatic rings. The highest BCUT2D eigenvalue weighted by Gasteiger charge is 2.67. The van der Waals surface area contributed by atoms with E-state index in [4.69, 9.17) is 9.47 Å². The molecule has 1 N–H and O–H groups in total. The predicted molar refractivity (Wildman–Crippen MR) is 104 cm³/mol. The number of likely N-dealkylation sites (tertiary alicyclic amines) is 1. The summed E-state index contributed by atoms with van der Waals surface area (Å²) in [6, 6.07) is 4.17. The second-order valence-corrected chi connectivity index (χ2v) is 8.43. The highest BCUT2D eigenvalue weighted by molar-refractivity contribution is 6.10. The molecule has 0 aromatic heterocycles. The number of carbonyl (C=O) groups is 3. The van der Waals surface area contributed by atoms with Gasteiger partial charge >= 0.3 is 0 Å². The van der Waals surface area contributed by atoms with E-state index < -0.39 is 11.9 Å². The number of rotatable bonds is 5. The first-order valence-corrected chi connectivity index (χ1v) is 10.0. The van der Waals surface area contributed by atoms with Gasteiger partial charge in [0.05, 0.1) is 31.7 Å². The van der Waals surface area contributed by atoms with E-state index in [0.29, 0.717) is 29.0 Å². The van der Waals surface area contributed by atoms with Crippen LogP contribution < -0.4 is 14.8 Å². The van der Waals surface area contributed by atoms with Crippen molar-refractivity contribution >= 4 is 23.4 Å². The maximum Gasteiger partial charge on any atom is 0.247 e. The molecule has 2 bridgehead atoms. The molecule has 6 rings (SSSR count). The van der Waals surface area contributed by atoms with E-state index in [1.165, 1.54) is 19.1 Å². The Balaban J connectivity index is 1.38. The Morgan fingerprint density at radius 2 is 1.69 bits per heavy atom. The van der Waals surface area contributed by atoms with Crippen LogP contribution in [0.2, 0.25) is 0 Å². The number of hydrogen-bond donors (Lipinski definition) is 1. The molecule has 152 valence electrons. The summed E-state index contributed by atoms with van der Waals surface area (Å²) in [5, 5.41) is 2.79. The van der Waals surface area contributed by atoms with Crippen LogP contribution in [0.4, 0.5) is 5.69 Å². The van der Waals surface area contributed by atoms with E-state index in [1.54, 1.807) is 25.1 Å². The van der Waals surface area contributed by atoms with Gasteiger partial charge in [-0.05, 0) is 49.1 Å². The van der Waals surface area contributed by atoms with Crippen molar-refractivity contribution in [3.63, 3.8) is 0 Å². The molecular weight excluding hydrogens is 372 g/mol. The van der Waals surface area contributed by atoms with Crippen LogP contribution in [0.3, 0.4) is 0 Å². The summed E-state index contributed by atoms with van der Waals surface area (Å²) in [6.45, 7) is 1.60. The summed E-state index contributed by atoms with van der Waals surface area (Å²) in [6.07, 6.45) is 5.36. The molecule has 0 spiro atoms. The van der Waals surface area contributed by atoms with Gasteiger partial charge in [-0.15, -0.1) is 0 Å². The molecule has 1 heterocycles. The van der Waals surface area contributed by atoms with Crippen LogP contribution >= 0.6 is 0 Å². The van der Waals surface area contributed by atoms with E-state index in [1.807, 2.05) is 0 Å². The molecule has 0 unspecified atom stereocenters. The van der Waals surface area contributed by atoms with Crippen LogP contribution in [-0.2, 0) is 14.4 Å². The second-order valence-electron chi connectivity index (χ2n) is 8.43. The Hall–Kier alpha value is -2.83. The van der Waals surface area contributed by atoms with Gasteiger partial charge in [0.25, 0.3) is 0 Å². The lowest BCUT2D eigenvalue weighted by molar-refractivity contribution is -0.146. The number of carbonyl (C=O) groups excluding carboxylic acids is 3. The fourth-order valence-electron chi connectivity index (χ4n) is 5.63. The number of imide groups is 1. The van der Waals surface area contributed by atoms with E-state index in [0.717, 1.165) is 6.42 Å². The summed E-state index contributed by atoms with van der Waals surface area (Å²) in [5.74, 6) is 0.955. The van der Waals surface area contributed by atoms with Crippen LogP contribution in [0.5, 0.6) is 11.5 Å². The van der Waals surface area contributed by atoms with Crippen LogP contribution in [0.1, 0.15) is 13.3 Å². The smallest absolute Gasteiger partial charge is 0.247 e. The van der Waals surface area contributed by atoms with Crippen molar-refractivity contribution in [3.8, 4) is 11.5 Å². The molecule has 2 saturated carbocycles. The largest absolute Gasteiger partial charge is 0.497 e. The molecule has 1 aromatic carbocycles. The molecule has 7 nitrogen and oxygen atoms in total. The van der Waals surface area contributed by atoms with E-state index in [2.05, 4.69) is 17.5 Å². The lowest BCUT2D eigenvalue weighted by Crippen LogP contribution is -2.46. The lowest BCUT2D eigenvalue weighted by Gasteiger charge is -2.37. The average molecular weight is 396 g/mol. The third-order valence-electron chi connectivity index (χ3n) is 7.13. The highest BCUT2D eigenvalue weighted by Crippen LogP contribution is 2.65. The van der Waals surface area contributed by atoms with Crippen molar-refractivity contribution in [2.45, 2.75) is 19.4 Å². The standard InChI is InChI=1S/C22H24N2O5/c1-10(20(25)23-16-8-11(28-2)4-7-17(16)29-3)24-21(26)18-12-5-6-13(15-9-14(12)15)19(18)22(24)27/h4-8,10,12-15,18-19H,9H2,1-3H3,(H,23,25)/t10-,12-,13-,14-,15-,18-,19+/m1/s1. The van der Waals surface area contributed by atoms with Gasteiger partial charge < -0.3 is 14.8 Å². The SMILES string of the molecule is COc1ccc(OC)c(NC(=O)[C@@H](C)N2C(=O)[C@@H]3[C@@H]4C=C[C@H]([C@H]5C[C@H]45)[C@@H]3C2=O)c1. The number of allylic oxidation sites excluding steroid dienone is 2. The van der Waals surface area contributed by atoms with Crippen LogP contribution in [0.25, 0.3) is 0 Å². The Kier molecular flexibility index (Phi) is 3.98.